The maximum absolute atomic E-state index is 6.52. The molecule has 3 heteroatoms. The van der Waals surface area contributed by atoms with Crippen LogP contribution in [-0.2, 0) is 13.0 Å². The molecule has 0 atom stereocenters. The Hall–Kier alpha value is -1.77. The number of hydrogen-bond acceptors (Lipinski definition) is 2. The zero-order chi connectivity index (χ0) is 15.4. The van der Waals surface area contributed by atoms with Crippen LogP contribution in [0.5, 0.6) is 0 Å². The topological polar surface area (TPSA) is 25.2 Å². The van der Waals surface area contributed by atoms with Crippen LogP contribution in [-0.4, -0.2) is 6.54 Å². The normalized spacial score (nSPS) is 11.2. The van der Waals surface area contributed by atoms with Crippen LogP contribution in [0, 0.1) is 6.92 Å². The predicted octanol–water partition coefficient (Wildman–Crippen LogP) is 5.12. The summed E-state index contributed by atoms with van der Waals surface area (Å²) in [6.45, 7) is 3.69. The minimum absolute atomic E-state index is 0.777. The predicted molar refractivity (Wildman–Crippen MR) is 92.4 cm³/mol. The molecule has 114 valence electrons. The van der Waals surface area contributed by atoms with Crippen molar-refractivity contribution in [1.82, 2.24) is 5.32 Å². The second-order valence-corrected chi connectivity index (χ2v) is 5.93. The number of hydrogen-bond donors (Lipinski definition) is 1. The second-order valence-electron chi connectivity index (χ2n) is 5.55. The van der Waals surface area contributed by atoms with Crippen molar-refractivity contribution < 1.29 is 4.42 Å². The highest BCUT2D eigenvalue weighted by Crippen LogP contribution is 2.27. The standard InChI is InChI=1S/C19H20ClNO/c1-14-8-11-17(22-14)13-21-12-4-6-16-10-9-15-5-2-3-7-18(15)19(16)20/h2-3,5,7-11,21H,4,6,12-13H2,1H3. The van der Waals surface area contributed by atoms with Crippen molar-refractivity contribution in [3.8, 4) is 0 Å². The SMILES string of the molecule is Cc1ccc(CNCCCc2ccc3ccccc3c2Cl)o1. The van der Waals surface area contributed by atoms with E-state index in [2.05, 4.69) is 29.6 Å². The number of furan rings is 1. The van der Waals surface area contributed by atoms with Gasteiger partial charge in [0, 0.05) is 5.39 Å². The van der Waals surface area contributed by atoms with E-state index in [4.69, 9.17) is 16.0 Å². The van der Waals surface area contributed by atoms with Gasteiger partial charge in [0.25, 0.3) is 0 Å². The Morgan fingerprint density at radius 1 is 1.05 bits per heavy atom. The Kier molecular flexibility index (Phi) is 4.81. The van der Waals surface area contributed by atoms with Crippen LogP contribution < -0.4 is 5.32 Å². The smallest absolute Gasteiger partial charge is 0.117 e. The molecule has 0 spiro atoms. The van der Waals surface area contributed by atoms with Crippen LogP contribution in [0.25, 0.3) is 10.8 Å². The molecular weight excluding hydrogens is 294 g/mol. The van der Waals surface area contributed by atoms with Crippen molar-refractivity contribution in [2.24, 2.45) is 0 Å². The van der Waals surface area contributed by atoms with Gasteiger partial charge in [0.1, 0.15) is 11.5 Å². The van der Waals surface area contributed by atoms with Crippen molar-refractivity contribution in [2.45, 2.75) is 26.3 Å². The van der Waals surface area contributed by atoms with Crippen LogP contribution in [0.15, 0.2) is 52.9 Å². The number of aryl methyl sites for hydroxylation is 2. The molecule has 2 nitrogen and oxygen atoms in total. The minimum atomic E-state index is 0.777. The summed E-state index contributed by atoms with van der Waals surface area (Å²) in [6, 6.07) is 16.5. The Morgan fingerprint density at radius 3 is 2.73 bits per heavy atom. The van der Waals surface area contributed by atoms with E-state index in [-0.39, 0.29) is 0 Å². The van der Waals surface area contributed by atoms with Gasteiger partial charge in [0.2, 0.25) is 0 Å². The van der Waals surface area contributed by atoms with Crippen LogP contribution >= 0.6 is 11.6 Å². The molecule has 0 aliphatic heterocycles. The summed E-state index contributed by atoms with van der Waals surface area (Å²) in [7, 11) is 0. The number of rotatable bonds is 6. The lowest BCUT2D eigenvalue weighted by atomic mass is 10.0. The largest absolute Gasteiger partial charge is 0.465 e. The molecule has 0 bridgehead atoms. The Balaban J connectivity index is 1.52. The molecule has 1 N–H and O–H groups in total. The zero-order valence-electron chi connectivity index (χ0n) is 12.7. The first-order valence-corrected chi connectivity index (χ1v) is 8.04. The van der Waals surface area contributed by atoms with E-state index in [0.717, 1.165) is 47.9 Å². The maximum Gasteiger partial charge on any atom is 0.117 e. The van der Waals surface area contributed by atoms with Gasteiger partial charge in [-0.2, -0.15) is 0 Å². The lowest BCUT2D eigenvalue weighted by molar-refractivity contribution is 0.460. The summed E-state index contributed by atoms with van der Waals surface area (Å²) in [4.78, 5) is 0. The second kappa shape index (κ2) is 6.99. The van der Waals surface area contributed by atoms with Crippen molar-refractivity contribution in [3.63, 3.8) is 0 Å². The van der Waals surface area contributed by atoms with Gasteiger partial charge in [-0.15, -0.1) is 0 Å². The summed E-state index contributed by atoms with van der Waals surface area (Å²) in [6.07, 6.45) is 2.03. The van der Waals surface area contributed by atoms with E-state index in [9.17, 15) is 0 Å². The fourth-order valence-electron chi connectivity index (χ4n) is 2.67. The molecule has 0 radical (unpaired) electrons. The third-order valence-electron chi connectivity index (χ3n) is 3.84. The van der Waals surface area contributed by atoms with Crippen molar-refractivity contribution in [2.75, 3.05) is 6.54 Å². The van der Waals surface area contributed by atoms with Crippen molar-refractivity contribution >= 4 is 22.4 Å². The first-order valence-electron chi connectivity index (χ1n) is 7.66. The van der Waals surface area contributed by atoms with Gasteiger partial charge in [-0.3, -0.25) is 0 Å². The van der Waals surface area contributed by atoms with Gasteiger partial charge >= 0.3 is 0 Å². The van der Waals surface area contributed by atoms with E-state index in [1.807, 2.05) is 31.2 Å². The average molecular weight is 314 g/mol. The molecule has 2 aromatic carbocycles. The quantitative estimate of drug-likeness (QED) is 0.639. The van der Waals surface area contributed by atoms with Gasteiger partial charge in [0.05, 0.1) is 11.6 Å². The molecule has 1 heterocycles. The van der Waals surface area contributed by atoms with Crippen molar-refractivity contribution in [1.29, 1.82) is 0 Å². The number of fused-ring (bicyclic) bond motifs is 1. The molecule has 3 rings (SSSR count). The molecule has 3 aromatic rings. The lowest BCUT2D eigenvalue weighted by Gasteiger charge is -2.08. The average Bonchev–Trinajstić information content (AvgIpc) is 2.95. The minimum Gasteiger partial charge on any atom is -0.465 e. The van der Waals surface area contributed by atoms with Crippen molar-refractivity contribution in [3.05, 3.63) is 70.6 Å². The molecule has 0 unspecified atom stereocenters. The number of nitrogens with one attached hydrogen (secondary N) is 1. The fourth-order valence-corrected chi connectivity index (χ4v) is 3.00. The Morgan fingerprint density at radius 2 is 1.91 bits per heavy atom. The van der Waals surface area contributed by atoms with Gasteiger partial charge in [-0.1, -0.05) is 48.0 Å². The molecule has 0 fully saturated rings. The molecule has 22 heavy (non-hydrogen) atoms. The van der Waals surface area contributed by atoms with Gasteiger partial charge < -0.3 is 9.73 Å². The molecule has 0 saturated heterocycles. The summed E-state index contributed by atoms with van der Waals surface area (Å²) >= 11 is 6.52. The summed E-state index contributed by atoms with van der Waals surface area (Å²) < 4.78 is 5.53. The highest BCUT2D eigenvalue weighted by Gasteiger charge is 2.05. The molecule has 0 aliphatic rings. The Labute approximate surface area is 136 Å². The molecule has 0 aliphatic carbocycles. The van der Waals surface area contributed by atoms with Gasteiger partial charge in [0.15, 0.2) is 0 Å². The maximum atomic E-state index is 6.52. The molecule has 0 saturated carbocycles. The van der Waals surface area contributed by atoms with Crippen LogP contribution in [0.3, 0.4) is 0 Å². The molecule has 1 aromatic heterocycles. The fraction of sp³-hybridized carbons (Fsp3) is 0.263. The van der Waals surface area contributed by atoms with Gasteiger partial charge in [-0.25, -0.2) is 0 Å². The third-order valence-corrected chi connectivity index (χ3v) is 4.28. The highest BCUT2D eigenvalue weighted by molar-refractivity contribution is 6.36. The van der Waals surface area contributed by atoms with E-state index < -0.39 is 0 Å². The summed E-state index contributed by atoms with van der Waals surface area (Å²) in [5, 5.41) is 6.63. The van der Waals surface area contributed by atoms with Crippen LogP contribution in [0.2, 0.25) is 5.02 Å². The monoisotopic (exact) mass is 313 g/mol. The lowest BCUT2D eigenvalue weighted by Crippen LogP contribution is -2.14. The first-order chi connectivity index (χ1) is 10.7. The summed E-state index contributed by atoms with van der Waals surface area (Å²) in [5.41, 5.74) is 1.22. The van der Waals surface area contributed by atoms with E-state index in [1.54, 1.807) is 0 Å². The molecular formula is C19H20ClNO. The van der Waals surface area contributed by atoms with E-state index in [0.29, 0.717) is 0 Å². The zero-order valence-corrected chi connectivity index (χ0v) is 13.5. The van der Waals surface area contributed by atoms with Crippen LogP contribution in [0.4, 0.5) is 0 Å². The number of halogens is 1. The highest BCUT2D eigenvalue weighted by atomic mass is 35.5. The first kappa shape index (κ1) is 15.1. The third kappa shape index (κ3) is 3.52. The number of benzene rings is 2. The van der Waals surface area contributed by atoms with Crippen LogP contribution in [0.1, 0.15) is 23.5 Å². The van der Waals surface area contributed by atoms with E-state index in [1.165, 1.54) is 10.9 Å². The van der Waals surface area contributed by atoms with Gasteiger partial charge in [-0.05, 0) is 49.4 Å². The van der Waals surface area contributed by atoms with E-state index >= 15 is 0 Å². The molecule has 0 amide bonds. The summed E-state index contributed by atoms with van der Waals surface area (Å²) in [5.74, 6) is 1.95. The Bertz CT molecular complexity index is 763.